The van der Waals surface area contributed by atoms with Gasteiger partial charge in [0.15, 0.2) is 6.29 Å². The van der Waals surface area contributed by atoms with Gasteiger partial charge in [-0.3, -0.25) is 0 Å². The zero-order chi connectivity index (χ0) is 6.85. The summed E-state index contributed by atoms with van der Waals surface area (Å²) in [6.45, 7) is 2.08. The van der Waals surface area contributed by atoms with Crippen molar-refractivity contribution in [2.75, 3.05) is 0 Å². The Bertz CT molecular complexity index is 90.9. The molecular formula is C7H14O2. The summed E-state index contributed by atoms with van der Waals surface area (Å²) >= 11 is 0. The number of rotatable bonds is 1. The minimum atomic E-state index is -1.08. The van der Waals surface area contributed by atoms with Crippen LogP contribution in [0.4, 0.5) is 0 Å². The van der Waals surface area contributed by atoms with Crippen LogP contribution in [0.5, 0.6) is 0 Å². The van der Waals surface area contributed by atoms with Crippen LogP contribution in [0.3, 0.4) is 0 Å². The highest BCUT2D eigenvalue weighted by Crippen LogP contribution is 2.32. The summed E-state index contributed by atoms with van der Waals surface area (Å²) in [7, 11) is 0. The van der Waals surface area contributed by atoms with E-state index in [1.165, 1.54) is 0 Å². The lowest BCUT2D eigenvalue weighted by Crippen LogP contribution is -2.21. The van der Waals surface area contributed by atoms with E-state index in [-0.39, 0.29) is 5.92 Å². The van der Waals surface area contributed by atoms with Crippen molar-refractivity contribution in [3.8, 4) is 0 Å². The lowest BCUT2D eigenvalue weighted by atomic mass is 9.98. The number of aliphatic hydroxyl groups is 2. The Morgan fingerprint density at radius 2 is 2.00 bits per heavy atom. The van der Waals surface area contributed by atoms with E-state index in [0.717, 1.165) is 19.3 Å². The molecule has 9 heavy (non-hydrogen) atoms. The molecule has 0 saturated heterocycles. The third-order valence-electron chi connectivity index (χ3n) is 2.31. The van der Waals surface area contributed by atoms with Crippen LogP contribution >= 0.6 is 0 Å². The van der Waals surface area contributed by atoms with E-state index >= 15 is 0 Å². The summed E-state index contributed by atoms with van der Waals surface area (Å²) in [4.78, 5) is 0. The van der Waals surface area contributed by atoms with Crippen LogP contribution in [0.1, 0.15) is 26.2 Å². The van der Waals surface area contributed by atoms with E-state index < -0.39 is 6.29 Å². The van der Waals surface area contributed by atoms with Gasteiger partial charge in [0.05, 0.1) is 0 Å². The van der Waals surface area contributed by atoms with Crippen LogP contribution in [0.15, 0.2) is 0 Å². The van der Waals surface area contributed by atoms with E-state index in [9.17, 15) is 0 Å². The molecule has 0 aromatic heterocycles. The fourth-order valence-corrected chi connectivity index (χ4v) is 1.62. The topological polar surface area (TPSA) is 40.5 Å². The Morgan fingerprint density at radius 3 is 2.22 bits per heavy atom. The maximum atomic E-state index is 8.78. The molecule has 0 bridgehead atoms. The quantitative estimate of drug-likeness (QED) is 0.514. The van der Waals surface area contributed by atoms with E-state index in [1.54, 1.807) is 0 Å². The van der Waals surface area contributed by atoms with Gasteiger partial charge in [-0.25, -0.2) is 0 Å². The number of hydrogen-bond acceptors (Lipinski definition) is 2. The van der Waals surface area contributed by atoms with Crippen molar-refractivity contribution in [3.05, 3.63) is 0 Å². The summed E-state index contributed by atoms with van der Waals surface area (Å²) in [5.74, 6) is 0.648. The molecule has 2 atom stereocenters. The monoisotopic (exact) mass is 130 g/mol. The molecule has 0 amide bonds. The first-order valence-electron chi connectivity index (χ1n) is 3.58. The largest absolute Gasteiger partial charge is 0.368 e. The molecule has 1 aliphatic rings. The number of hydrogen-bond donors (Lipinski definition) is 2. The SMILES string of the molecule is CC1CCCC1C(O)O. The second kappa shape index (κ2) is 2.67. The molecule has 0 aliphatic heterocycles. The van der Waals surface area contributed by atoms with Gasteiger partial charge in [0.2, 0.25) is 0 Å². The zero-order valence-corrected chi connectivity index (χ0v) is 5.75. The van der Waals surface area contributed by atoms with Gasteiger partial charge in [0.1, 0.15) is 0 Å². The Hall–Kier alpha value is -0.0800. The average Bonchev–Trinajstić information content (AvgIpc) is 2.13. The van der Waals surface area contributed by atoms with Crippen LogP contribution < -0.4 is 0 Å². The molecule has 0 spiro atoms. The molecule has 2 nitrogen and oxygen atoms in total. The molecule has 2 heteroatoms. The van der Waals surface area contributed by atoms with E-state index in [1.807, 2.05) is 0 Å². The van der Waals surface area contributed by atoms with Gasteiger partial charge in [0.25, 0.3) is 0 Å². The summed E-state index contributed by atoms with van der Waals surface area (Å²) in [5, 5.41) is 17.6. The minimum Gasteiger partial charge on any atom is -0.368 e. The predicted molar refractivity (Wildman–Crippen MR) is 34.7 cm³/mol. The highest BCUT2D eigenvalue weighted by atomic mass is 16.5. The van der Waals surface area contributed by atoms with E-state index in [4.69, 9.17) is 10.2 Å². The Labute approximate surface area is 55.5 Å². The van der Waals surface area contributed by atoms with E-state index in [2.05, 4.69) is 6.92 Å². The molecule has 54 valence electrons. The van der Waals surface area contributed by atoms with Gasteiger partial charge in [-0.15, -0.1) is 0 Å². The first kappa shape index (κ1) is 7.03. The van der Waals surface area contributed by atoms with Crippen molar-refractivity contribution in [1.82, 2.24) is 0 Å². The standard InChI is InChI=1S/C7H14O2/c1-5-3-2-4-6(5)7(8)9/h5-9H,2-4H2,1H3. The first-order chi connectivity index (χ1) is 4.22. The highest BCUT2D eigenvalue weighted by molar-refractivity contribution is 4.74. The van der Waals surface area contributed by atoms with E-state index in [0.29, 0.717) is 5.92 Å². The van der Waals surface area contributed by atoms with Gasteiger partial charge < -0.3 is 10.2 Å². The van der Waals surface area contributed by atoms with Crippen molar-refractivity contribution >= 4 is 0 Å². The van der Waals surface area contributed by atoms with Gasteiger partial charge in [-0.2, -0.15) is 0 Å². The van der Waals surface area contributed by atoms with Gasteiger partial charge in [-0.1, -0.05) is 19.8 Å². The summed E-state index contributed by atoms with van der Waals surface area (Å²) < 4.78 is 0. The normalized spacial score (nSPS) is 36.0. The summed E-state index contributed by atoms with van der Waals surface area (Å²) in [6, 6.07) is 0. The third kappa shape index (κ3) is 1.43. The molecule has 0 aromatic carbocycles. The molecular weight excluding hydrogens is 116 g/mol. The Morgan fingerprint density at radius 1 is 1.33 bits per heavy atom. The fourth-order valence-electron chi connectivity index (χ4n) is 1.62. The third-order valence-corrected chi connectivity index (χ3v) is 2.31. The maximum Gasteiger partial charge on any atom is 0.154 e. The predicted octanol–water partition coefficient (Wildman–Crippen LogP) is 0.733. The Kier molecular flexibility index (Phi) is 2.09. The first-order valence-corrected chi connectivity index (χ1v) is 3.58. The van der Waals surface area contributed by atoms with Gasteiger partial charge >= 0.3 is 0 Å². The second-order valence-corrected chi connectivity index (χ2v) is 2.99. The van der Waals surface area contributed by atoms with Crippen LogP contribution in [0.2, 0.25) is 0 Å². The second-order valence-electron chi connectivity index (χ2n) is 2.99. The molecule has 1 fully saturated rings. The highest BCUT2D eigenvalue weighted by Gasteiger charge is 2.27. The summed E-state index contributed by atoms with van der Waals surface area (Å²) in [6.07, 6.45) is 2.22. The van der Waals surface area contributed by atoms with Crippen molar-refractivity contribution in [2.45, 2.75) is 32.5 Å². The van der Waals surface area contributed by atoms with Crippen LogP contribution in [0, 0.1) is 11.8 Å². The smallest absolute Gasteiger partial charge is 0.154 e. The van der Waals surface area contributed by atoms with Crippen molar-refractivity contribution in [1.29, 1.82) is 0 Å². The molecule has 2 unspecified atom stereocenters. The van der Waals surface area contributed by atoms with Gasteiger partial charge in [0, 0.05) is 5.92 Å². The number of aliphatic hydroxyl groups excluding tert-OH is 1. The van der Waals surface area contributed by atoms with Crippen molar-refractivity contribution in [2.24, 2.45) is 11.8 Å². The fraction of sp³-hybridized carbons (Fsp3) is 1.00. The van der Waals surface area contributed by atoms with Crippen LogP contribution in [-0.2, 0) is 0 Å². The Balaban J connectivity index is 2.40. The lowest BCUT2D eigenvalue weighted by Gasteiger charge is -2.16. The zero-order valence-electron chi connectivity index (χ0n) is 5.75. The molecule has 0 heterocycles. The van der Waals surface area contributed by atoms with Crippen LogP contribution in [-0.4, -0.2) is 16.5 Å². The minimum absolute atomic E-state index is 0.144. The lowest BCUT2D eigenvalue weighted by molar-refractivity contribution is -0.0919. The molecule has 0 aromatic rings. The maximum absolute atomic E-state index is 8.78. The van der Waals surface area contributed by atoms with Gasteiger partial charge in [-0.05, 0) is 12.3 Å². The molecule has 1 aliphatic carbocycles. The molecule has 1 rings (SSSR count). The average molecular weight is 130 g/mol. The molecule has 2 N–H and O–H groups in total. The van der Waals surface area contributed by atoms with Crippen molar-refractivity contribution < 1.29 is 10.2 Å². The van der Waals surface area contributed by atoms with Crippen LogP contribution in [0.25, 0.3) is 0 Å². The van der Waals surface area contributed by atoms with Crippen molar-refractivity contribution in [3.63, 3.8) is 0 Å². The molecule has 1 saturated carbocycles. The molecule has 0 radical (unpaired) electrons. The summed E-state index contributed by atoms with van der Waals surface area (Å²) in [5.41, 5.74) is 0.